The Morgan fingerprint density at radius 3 is 1.50 bits per heavy atom. The molecule has 0 bridgehead atoms. The van der Waals surface area contributed by atoms with Gasteiger partial charge in [-0.15, -0.1) is 12.8 Å². The van der Waals surface area contributed by atoms with Crippen LogP contribution in [0.3, 0.4) is 0 Å². The number of benzene rings is 2. The maximum absolute atomic E-state index is 12.0. The number of hydrogen-bond donors (Lipinski definition) is 2. The second kappa shape index (κ2) is 18.7. The van der Waals surface area contributed by atoms with Crippen LogP contribution in [-0.2, 0) is 9.59 Å². The van der Waals surface area contributed by atoms with Crippen molar-refractivity contribution in [2.75, 3.05) is 13.2 Å². The molecular formula is C30H34N4O4. The molecule has 0 spiro atoms. The third kappa shape index (κ3) is 12.4. The van der Waals surface area contributed by atoms with Crippen molar-refractivity contribution in [1.82, 2.24) is 10.9 Å². The molecule has 2 aromatic carbocycles. The first-order valence-electron chi connectivity index (χ1n) is 12.6. The SMILES string of the molecule is C#CCOc1ccccc1/C=N\NC(=O)CCCCCCCCC(=O)N/N=C\c1ccccc1OCC#C. The fraction of sp³-hybridized carbons (Fsp3) is 0.333. The van der Waals surface area contributed by atoms with Crippen molar-refractivity contribution >= 4 is 24.2 Å². The number of ether oxygens (including phenoxy) is 2. The van der Waals surface area contributed by atoms with Crippen molar-refractivity contribution in [3.05, 3.63) is 59.7 Å². The Bertz CT molecular complexity index is 1070. The van der Waals surface area contributed by atoms with Crippen LogP contribution in [0.2, 0.25) is 0 Å². The summed E-state index contributed by atoms with van der Waals surface area (Å²) in [6.07, 6.45) is 19.8. The predicted molar refractivity (Wildman–Crippen MR) is 150 cm³/mol. The van der Waals surface area contributed by atoms with Crippen LogP contribution in [0.25, 0.3) is 0 Å². The molecule has 2 N–H and O–H groups in total. The van der Waals surface area contributed by atoms with Gasteiger partial charge in [0.15, 0.2) is 0 Å². The number of para-hydroxylation sites is 2. The summed E-state index contributed by atoms with van der Waals surface area (Å²) in [4.78, 5) is 24.0. The molecule has 2 amide bonds. The smallest absolute Gasteiger partial charge is 0.240 e. The minimum atomic E-state index is -0.134. The highest BCUT2D eigenvalue weighted by Gasteiger charge is 2.04. The summed E-state index contributed by atoms with van der Waals surface area (Å²) in [5.74, 6) is 5.80. The molecule has 2 rings (SSSR count). The van der Waals surface area contributed by atoms with Crippen LogP contribution in [0.15, 0.2) is 58.7 Å². The molecule has 0 unspecified atom stereocenters. The van der Waals surface area contributed by atoms with E-state index in [1.54, 1.807) is 24.6 Å². The Hall–Kier alpha value is -4.56. The van der Waals surface area contributed by atoms with Gasteiger partial charge in [-0.1, -0.05) is 61.8 Å². The van der Waals surface area contributed by atoms with Crippen LogP contribution in [0.5, 0.6) is 11.5 Å². The Morgan fingerprint density at radius 2 is 1.08 bits per heavy atom. The topological polar surface area (TPSA) is 101 Å². The van der Waals surface area contributed by atoms with E-state index in [9.17, 15) is 9.59 Å². The fourth-order valence-corrected chi connectivity index (χ4v) is 3.41. The molecule has 0 saturated heterocycles. The second-order valence-electron chi connectivity index (χ2n) is 8.27. The number of unbranched alkanes of at least 4 members (excludes halogenated alkanes) is 5. The lowest BCUT2D eigenvalue weighted by Gasteiger charge is -2.05. The largest absolute Gasteiger partial charge is 0.480 e. The van der Waals surface area contributed by atoms with Crippen LogP contribution in [0.4, 0.5) is 0 Å². The van der Waals surface area contributed by atoms with Gasteiger partial charge in [0.25, 0.3) is 0 Å². The van der Waals surface area contributed by atoms with Gasteiger partial charge in [0.1, 0.15) is 24.7 Å². The molecule has 0 aromatic heterocycles. The van der Waals surface area contributed by atoms with E-state index in [2.05, 4.69) is 32.9 Å². The summed E-state index contributed by atoms with van der Waals surface area (Å²) in [6, 6.07) is 14.6. The van der Waals surface area contributed by atoms with Crippen molar-refractivity contribution in [3.63, 3.8) is 0 Å². The molecule has 8 heteroatoms. The van der Waals surface area contributed by atoms with Gasteiger partial charge in [0.05, 0.1) is 12.4 Å². The van der Waals surface area contributed by atoms with E-state index in [0.29, 0.717) is 24.3 Å². The molecule has 38 heavy (non-hydrogen) atoms. The van der Waals surface area contributed by atoms with E-state index < -0.39 is 0 Å². The van der Waals surface area contributed by atoms with Crippen molar-refractivity contribution in [2.45, 2.75) is 51.4 Å². The van der Waals surface area contributed by atoms with E-state index in [-0.39, 0.29) is 25.0 Å². The highest BCUT2D eigenvalue weighted by Crippen LogP contribution is 2.16. The number of nitrogens with zero attached hydrogens (tertiary/aromatic N) is 2. The minimum absolute atomic E-state index is 0.134. The molecule has 0 saturated carbocycles. The Kier molecular flexibility index (Phi) is 14.6. The molecule has 198 valence electrons. The minimum Gasteiger partial charge on any atom is -0.480 e. The number of amides is 2. The average Bonchev–Trinajstić information content (AvgIpc) is 2.93. The highest BCUT2D eigenvalue weighted by molar-refractivity contribution is 5.86. The Balaban J connectivity index is 1.52. The second-order valence-corrected chi connectivity index (χ2v) is 8.27. The summed E-state index contributed by atoms with van der Waals surface area (Å²) < 4.78 is 10.9. The van der Waals surface area contributed by atoms with Gasteiger partial charge in [-0.25, -0.2) is 10.9 Å². The van der Waals surface area contributed by atoms with E-state index in [4.69, 9.17) is 22.3 Å². The van der Waals surface area contributed by atoms with Crippen molar-refractivity contribution in [3.8, 4) is 36.2 Å². The maximum Gasteiger partial charge on any atom is 0.240 e. The van der Waals surface area contributed by atoms with E-state index in [0.717, 1.165) is 49.7 Å². The Morgan fingerprint density at radius 1 is 0.684 bits per heavy atom. The standard InChI is InChI=1S/C30H34N4O4/c1-3-21-37-27-17-13-11-15-25(27)23-31-33-29(35)19-9-7-5-6-8-10-20-30(36)34-32-24-26-16-12-14-18-28(26)38-22-4-2/h1-2,11-18,23-24H,5-10,19-22H2,(H,33,35)(H,34,36)/b31-23-,32-24-. The fourth-order valence-electron chi connectivity index (χ4n) is 3.41. The van der Waals surface area contributed by atoms with E-state index >= 15 is 0 Å². The first-order chi connectivity index (χ1) is 18.6. The Labute approximate surface area is 224 Å². The molecular weight excluding hydrogens is 480 g/mol. The van der Waals surface area contributed by atoms with Gasteiger partial charge in [-0.2, -0.15) is 10.2 Å². The van der Waals surface area contributed by atoms with Crippen molar-refractivity contribution < 1.29 is 19.1 Å². The lowest BCUT2D eigenvalue weighted by atomic mass is 10.1. The molecule has 0 aliphatic heterocycles. The zero-order valence-corrected chi connectivity index (χ0v) is 21.5. The summed E-state index contributed by atoms with van der Waals surface area (Å²) >= 11 is 0. The van der Waals surface area contributed by atoms with Gasteiger partial charge in [-0.05, 0) is 37.1 Å². The monoisotopic (exact) mass is 514 g/mol. The number of hydrazone groups is 2. The normalized spacial score (nSPS) is 10.6. The van der Waals surface area contributed by atoms with E-state index in [1.165, 1.54) is 0 Å². The van der Waals surface area contributed by atoms with Crippen LogP contribution in [-0.4, -0.2) is 37.5 Å². The van der Waals surface area contributed by atoms with Crippen LogP contribution < -0.4 is 20.3 Å². The number of hydrogen-bond acceptors (Lipinski definition) is 6. The van der Waals surface area contributed by atoms with Gasteiger partial charge in [-0.3, -0.25) is 9.59 Å². The number of nitrogens with one attached hydrogen (secondary N) is 2. The molecule has 8 nitrogen and oxygen atoms in total. The predicted octanol–water partition coefficient (Wildman–Crippen LogP) is 4.43. The zero-order valence-electron chi connectivity index (χ0n) is 21.5. The molecule has 0 fully saturated rings. The van der Waals surface area contributed by atoms with Crippen molar-refractivity contribution in [2.24, 2.45) is 10.2 Å². The number of terminal acetylenes is 2. The molecule has 0 heterocycles. The van der Waals surface area contributed by atoms with Crippen molar-refractivity contribution in [1.29, 1.82) is 0 Å². The van der Waals surface area contributed by atoms with Crippen LogP contribution >= 0.6 is 0 Å². The lowest BCUT2D eigenvalue weighted by molar-refractivity contribution is -0.122. The first kappa shape index (κ1) is 29.7. The molecule has 0 atom stereocenters. The molecule has 2 aromatic rings. The maximum atomic E-state index is 12.0. The summed E-state index contributed by atoms with van der Waals surface area (Å²) in [5.41, 5.74) is 6.55. The molecule has 0 aliphatic carbocycles. The summed E-state index contributed by atoms with van der Waals surface area (Å²) in [7, 11) is 0. The first-order valence-corrected chi connectivity index (χ1v) is 12.6. The number of rotatable bonds is 17. The number of carbonyl (C=O) groups excluding carboxylic acids is 2. The zero-order chi connectivity index (χ0) is 27.3. The van der Waals surface area contributed by atoms with Crippen LogP contribution in [0.1, 0.15) is 62.5 Å². The molecule has 0 aliphatic rings. The highest BCUT2D eigenvalue weighted by atomic mass is 16.5. The molecule has 0 radical (unpaired) electrons. The summed E-state index contributed by atoms with van der Waals surface area (Å²) in [6.45, 7) is 0.332. The van der Waals surface area contributed by atoms with Gasteiger partial charge >= 0.3 is 0 Å². The average molecular weight is 515 g/mol. The van der Waals surface area contributed by atoms with Gasteiger partial charge in [0, 0.05) is 24.0 Å². The summed E-state index contributed by atoms with van der Waals surface area (Å²) in [5, 5.41) is 8.01. The third-order valence-electron chi connectivity index (χ3n) is 5.30. The van der Waals surface area contributed by atoms with Gasteiger partial charge in [0.2, 0.25) is 11.8 Å². The lowest BCUT2D eigenvalue weighted by Crippen LogP contribution is -2.17. The third-order valence-corrected chi connectivity index (χ3v) is 5.30. The van der Waals surface area contributed by atoms with Crippen LogP contribution in [0, 0.1) is 24.7 Å². The van der Waals surface area contributed by atoms with Gasteiger partial charge < -0.3 is 9.47 Å². The number of carbonyl (C=O) groups is 2. The quantitative estimate of drug-likeness (QED) is 0.141. The van der Waals surface area contributed by atoms with E-state index in [1.807, 2.05) is 36.4 Å².